The molecule has 0 aromatic carbocycles. The van der Waals surface area contributed by atoms with Crippen molar-refractivity contribution in [2.24, 2.45) is 0 Å². The summed E-state index contributed by atoms with van der Waals surface area (Å²) in [6.07, 6.45) is -2.82. The highest BCUT2D eigenvalue weighted by atomic mass is 16.6. The molecule has 7 nitrogen and oxygen atoms in total. The molecule has 2 heterocycles. The van der Waals surface area contributed by atoms with Gasteiger partial charge in [-0.3, -0.25) is 0 Å². The Hall–Kier alpha value is -1.41. The van der Waals surface area contributed by atoms with Gasteiger partial charge in [0.1, 0.15) is 12.2 Å². The van der Waals surface area contributed by atoms with Crippen LogP contribution in [-0.4, -0.2) is 50.5 Å². The maximum atomic E-state index is 9.85. The first kappa shape index (κ1) is 13.0. The third-order valence-electron chi connectivity index (χ3n) is 3.16. The van der Waals surface area contributed by atoms with E-state index in [2.05, 4.69) is 0 Å². The van der Waals surface area contributed by atoms with Gasteiger partial charge in [0.15, 0.2) is 18.1 Å². The number of aromatic nitrogens is 1. The predicted octanol–water partition coefficient (Wildman–Crippen LogP) is -1.69. The molecule has 1 fully saturated rings. The third kappa shape index (κ3) is 1.91. The van der Waals surface area contributed by atoms with Gasteiger partial charge < -0.3 is 30.3 Å². The number of ether oxygens (including phenoxy) is 1. The molecule has 1 aliphatic rings. The molecule has 7 heteroatoms. The van der Waals surface area contributed by atoms with Crippen molar-refractivity contribution in [2.75, 3.05) is 6.61 Å². The number of nitrogens with zero attached hydrogens (tertiary/aromatic N) is 1. The second kappa shape index (κ2) is 4.69. The average molecular weight is 258 g/mol. The molecule has 0 aliphatic carbocycles. The van der Waals surface area contributed by atoms with E-state index in [1.165, 1.54) is 23.8 Å². The largest absolute Gasteiger partial charge is 0.504 e. The van der Waals surface area contributed by atoms with E-state index in [9.17, 15) is 20.4 Å². The summed E-state index contributed by atoms with van der Waals surface area (Å²) in [6, 6.07) is 1.25. The molecule has 2 rings (SSSR count). The van der Waals surface area contributed by atoms with E-state index in [-0.39, 0.29) is 17.2 Å². The SMILES string of the molecule is Cc1c(O)c(O)cc[n+]1[C@@H]1O[C@H](CO)[C@@H](O)[C@@H]1O. The van der Waals surface area contributed by atoms with Crippen molar-refractivity contribution in [3.63, 3.8) is 0 Å². The zero-order valence-corrected chi connectivity index (χ0v) is 9.76. The molecule has 0 saturated carbocycles. The number of aliphatic hydroxyl groups excluding tert-OH is 3. The summed E-state index contributed by atoms with van der Waals surface area (Å²) in [7, 11) is 0. The van der Waals surface area contributed by atoms with Crippen molar-refractivity contribution in [3.05, 3.63) is 18.0 Å². The van der Waals surface area contributed by atoms with E-state index in [1.54, 1.807) is 0 Å². The zero-order valence-electron chi connectivity index (χ0n) is 9.76. The first-order valence-electron chi connectivity index (χ1n) is 5.52. The number of aromatic hydroxyl groups is 2. The Morgan fingerprint density at radius 3 is 2.50 bits per heavy atom. The topological polar surface area (TPSA) is 114 Å². The van der Waals surface area contributed by atoms with Gasteiger partial charge in [-0.15, -0.1) is 0 Å². The highest BCUT2D eigenvalue weighted by Gasteiger charge is 2.48. The Morgan fingerprint density at radius 1 is 1.28 bits per heavy atom. The average Bonchev–Trinajstić information content (AvgIpc) is 2.64. The fourth-order valence-electron chi connectivity index (χ4n) is 2.03. The van der Waals surface area contributed by atoms with Crippen molar-refractivity contribution >= 4 is 0 Å². The summed E-state index contributed by atoms with van der Waals surface area (Å²) in [4.78, 5) is 0. The molecule has 4 atom stereocenters. The first-order valence-corrected chi connectivity index (χ1v) is 5.52. The van der Waals surface area contributed by atoms with Crippen molar-refractivity contribution in [1.82, 2.24) is 0 Å². The van der Waals surface area contributed by atoms with Gasteiger partial charge in [-0.25, -0.2) is 0 Å². The van der Waals surface area contributed by atoms with E-state index in [4.69, 9.17) is 9.84 Å². The molecule has 0 spiro atoms. The molecule has 1 aromatic rings. The molecule has 18 heavy (non-hydrogen) atoms. The van der Waals surface area contributed by atoms with Crippen LogP contribution >= 0.6 is 0 Å². The Kier molecular flexibility index (Phi) is 3.40. The van der Waals surface area contributed by atoms with Gasteiger partial charge in [0.05, 0.1) is 6.61 Å². The van der Waals surface area contributed by atoms with E-state index >= 15 is 0 Å². The minimum Gasteiger partial charge on any atom is -0.504 e. The smallest absolute Gasteiger partial charge is 0.292 e. The van der Waals surface area contributed by atoms with Gasteiger partial charge in [0, 0.05) is 13.0 Å². The second-order valence-corrected chi connectivity index (χ2v) is 4.27. The maximum absolute atomic E-state index is 9.85. The van der Waals surface area contributed by atoms with Crippen molar-refractivity contribution in [3.8, 4) is 11.5 Å². The van der Waals surface area contributed by atoms with Crippen LogP contribution in [0.2, 0.25) is 0 Å². The molecule has 1 aliphatic heterocycles. The van der Waals surface area contributed by atoms with Crippen LogP contribution in [0.25, 0.3) is 0 Å². The lowest BCUT2D eigenvalue weighted by molar-refractivity contribution is -0.770. The van der Waals surface area contributed by atoms with E-state index in [1.807, 2.05) is 0 Å². The molecule has 100 valence electrons. The van der Waals surface area contributed by atoms with Crippen LogP contribution in [0.4, 0.5) is 0 Å². The number of hydrogen-bond acceptors (Lipinski definition) is 6. The zero-order chi connectivity index (χ0) is 13.4. The Morgan fingerprint density at radius 2 is 1.94 bits per heavy atom. The summed E-state index contributed by atoms with van der Waals surface area (Å²) in [6.45, 7) is 1.11. The summed E-state index contributed by atoms with van der Waals surface area (Å²) in [5, 5.41) is 47.4. The second-order valence-electron chi connectivity index (χ2n) is 4.27. The predicted molar refractivity (Wildman–Crippen MR) is 57.7 cm³/mol. The van der Waals surface area contributed by atoms with Gasteiger partial charge in [0.25, 0.3) is 6.23 Å². The highest BCUT2D eigenvalue weighted by molar-refractivity contribution is 5.36. The van der Waals surface area contributed by atoms with Crippen LogP contribution < -0.4 is 4.57 Å². The van der Waals surface area contributed by atoms with Crippen LogP contribution in [0, 0.1) is 6.92 Å². The fraction of sp³-hybridized carbons (Fsp3) is 0.545. The monoisotopic (exact) mass is 258 g/mol. The molecule has 5 N–H and O–H groups in total. The van der Waals surface area contributed by atoms with Crippen LogP contribution in [-0.2, 0) is 4.74 Å². The molecular weight excluding hydrogens is 242 g/mol. The first-order chi connectivity index (χ1) is 8.47. The highest BCUT2D eigenvalue weighted by Crippen LogP contribution is 2.30. The van der Waals surface area contributed by atoms with Gasteiger partial charge >= 0.3 is 0 Å². The summed E-state index contributed by atoms with van der Waals surface area (Å²) in [5.41, 5.74) is 0.282. The van der Waals surface area contributed by atoms with Crippen LogP contribution in [0.3, 0.4) is 0 Å². The maximum Gasteiger partial charge on any atom is 0.292 e. The van der Waals surface area contributed by atoms with Gasteiger partial charge in [-0.05, 0) is 0 Å². The minimum atomic E-state index is -1.23. The Bertz CT molecular complexity index is 451. The standard InChI is InChI=1S/C11H15NO6/c1-5-8(15)6(14)2-3-12(5)11-10(17)9(16)7(4-13)18-11/h2-3,7,9-11,13,15-17H,4H2,1H3/p+1/t7-,9-,10+,11-/m1/s1. The molecule has 1 aromatic heterocycles. The fourth-order valence-corrected chi connectivity index (χ4v) is 2.03. The minimum absolute atomic E-state index is 0.282. The van der Waals surface area contributed by atoms with Gasteiger partial charge in [-0.2, -0.15) is 4.57 Å². The van der Waals surface area contributed by atoms with E-state index in [0.29, 0.717) is 0 Å². The Labute approximate surface area is 103 Å². The lowest BCUT2D eigenvalue weighted by atomic mass is 10.1. The van der Waals surface area contributed by atoms with Gasteiger partial charge in [0.2, 0.25) is 11.4 Å². The lowest BCUT2D eigenvalue weighted by Crippen LogP contribution is -2.48. The quantitative estimate of drug-likeness (QED) is 0.404. The summed E-state index contributed by atoms with van der Waals surface area (Å²) < 4.78 is 6.70. The van der Waals surface area contributed by atoms with Crippen molar-refractivity contribution in [1.29, 1.82) is 0 Å². The van der Waals surface area contributed by atoms with E-state index in [0.717, 1.165) is 0 Å². The van der Waals surface area contributed by atoms with Crippen molar-refractivity contribution in [2.45, 2.75) is 31.5 Å². The van der Waals surface area contributed by atoms with Gasteiger partial charge in [-0.1, -0.05) is 0 Å². The van der Waals surface area contributed by atoms with E-state index < -0.39 is 31.1 Å². The number of rotatable bonds is 2. The van der Waals surface area contributed by atoms with Crippen LogP contribution in [0.1, 0.15) is 11.9 Å². The van der Waals surface area contributed by atoms with Crippen LogP contribution in [0.5, 0.6) is 11.5 Å². The molecule has 0 amide bonds. The van der Waals surface area contributed by atoms with Crippen molar-refractivity contribution < 1.29 is 34.8 Å². The lowest BCUT2D eigenvalue weighted by Gasteiger charge is -2.12. The molecule has 0 radical (unpaired) electrons. The summed E-state index contributed by atoms with van der Waals surface area (Å²) >= 11 is 0. The summed E-state index contributed by atoms with van der Waals surface area (Å²) in [5.74, 6) is -0.606. The molecule has 1 saturated heterocycles. The number of hydrogen-bond donors (Lipinski definition) is 5. The molecule has 0 bridgehead atoms. The Balaban J connectivity index is 2.36. The number of pyridine rings is 1. The molecule has 0 unspecified atom stereocenters. The molecular formula is C11H16NO6+. The normalized spacial score (nSPS) is 31.8. The third-order valence-corrected chi connectivity index (χ3v) is 3.16. The number of aliphatic hydroxyl groups is 3. The van der Waals surface area contributed by atoms with Crippen LogP contribution in [0.15, 0.2) is 12.3 Å².